The molecule has 2 aliphatic heterocycles. The van der Waals surface area contributed by atoms with Crippen molar-refractivity contribution >= 4 is 12.0 Å². The van der Waals surface area contributed by atoms with Crippen molar-refractivity contribution in [1.82, 2.24) is 9.13 Å². The van der Waals surface area contributed by atoms with E-state index < -0.39 is 28.9 Å². The van der Waals surface area contributed by atoms with Crippen LogP contribution in [0, 0.1) is 0 Å². The monoisotopic (exact) mass is 499 g/mol. The Kier molecular flexibility index (Phi) is 8.24. The summed E-state index contributed by atoms with van der Waals surface area (Å²) in [4.78, 5) is 31.5. The fourth-order valence-electron chi connectivity index (χ4n) is 5.04. The lowest BCUT2D eigenvalue weighted by Crippen LogP contribution is -2.54. The van der Waals surface area contributed by atoms with Crippen molar-refractivity contribution in [1.29, 1.82) is 0 Å². The molecule has 1 N–H and O–H groups in total. The molecule has 196 valence electrons. The van der Waals surface area contributed by atoms with E-state index in [1.165, 1.54) is 9.13 Å². The summed E-state index contributed by atoms with van der Waals surface area (Å²) in [7, 11) is 1.60. The number of aliphatic hydroxyl groups is 1. The molecule has 0 saturated carbocycles. The standard InChI is InChI=1S/C27H37N3O6/c1-18(2)36-20-17-28-24-22(27(20,3)23(31)19-11-6-5-7-12-19)25(32)30(26(33)29(24)4)14-10-16-35-21-13-8-9-15-34-21/h5-7,11-12,17-18,20-21,23,31H,8-10,13-16H2,1-4H3. The van der Waals surface area contributed by atoms with Gasteiger partial charge >= 0.3 is 5.69 Å². The first-order valence-corrected chi connectivity index (χ1v) is 12.7. The van der Waals surface area contributed by atoms with Crippen LogP contribution in [0.15, 0.2) is 44.9 Å². The molecule has 0 spiro atoms. The molecule has 4 atom stereocenters. The van der Waals surface area contributed by atoms with E-state index in [0.29, 0.717) is 25.2 Å². The van der Waals surface area contributed by atoms with E-state index in [1.807, 2.05) is 51.1 Å². The van der Waals surface area contributed by atoms with E-state index in [1.54, 1.807) is 13.3 Å². The van der Waals surface area contributed by atoms with Gasteiger partial charge in [0.1, 0.15) is 11.9 Å². The normalized spacial score (nSPS) is 24.6. The summed E-state index contributed by atoms with van der Waals surface area (Å²) in [6, 6.07) is 9.19. The molecule has 0 bridgehead atoms. The van der Waals surface area contributed by atoms with Gasteiger partial charge in [0.2, 0.25) is 0 Å². The number of fused-ring (bicyclic) bond motifs is 1. The lowest BCUT2D eigenvalue weighted by molar-refractivity contribution is -0.163. The minimum atomic E-state index is -1.18. The summed E-state index contributed by atoms with van der Waals surface area (Å²) >= 11 is 0. The molecule has 1 aromatic carbocycles. The van der Waals surface area contributed by atoms with Crippen molar-refractivity contribution in [3.05, 3.63) is 62.3 Å². The highest BCUT2D eigenvalue weighted by molar-refractivity contribution is 5.75. The number of aliphatic imine (C=N–C) groups is 1. The molecule has 1 saturated heterocycles. The molecule has 0 aliphatic carbocycles. The van der Waals surface area contributed by atoms with Crippen LogP contribution in [0.4, 0.5) is 5.82 Å². The second kappa shape index (κ2) is 11.2. The first kappa shape index (κ1) is 26.5. The molecule has 1 aromatic heterocycles. The van der Waals surface area contributed by atoms with E-state index in [-0.39, 0.29) is 30.3 Å². The molecule has 2 aromatic rings. The van der Waals surface area contributed by atoms with Crippen molar-refractivity contribution in [2.45, 2.75) is 83.0 Å². The van der Waals surface area contributed by atoms with Crippen LogP contribution >= 0.6 is 0 Å². The zero-order valence-corrected chi connectivity index (χ0v) is 21.6. The Hall–Kier alpha value is -2.59. The van der Waals surface area contributed by atoms with Gasteiger partial charge in [-0.15, -0.1) is 0 Å². The molecule has 0 amide bonds. The van der Waals surface area contributed by atoms with Gasteiger partial charge in [-0.1, -0.05) is 30.3 Å². The van der Waals surface area contributed by atoms with E-state index in [2.05, 4.69) is 4.99 Å². The number of benzene rings is 1. The van der Waals surface area contributed by atoms with Gasteiger partial charge in [0.15, 0.2) is 6.29 Å². The molecule has 4 rings (SSSR count). The van der Waals surface area contributed by atoms with Gasteiger partial charge in [-0.2, -0.15) is 0 Å². The third-order valence-electron chi connectivity index (χ3n) is 7.05. The van der Waals surface area contributed by atoms with E-state index in [0.717, 1.165) is 19.3 Å². The van der Waals surface area contributed by atoms with E-state index in [9.17, 15) is 14.7 Å². The van der Waals surface area contributed by atoms with Gasteiger partial charge in [0.25, 0.3) is 5.56 Å². The van der Waals surface area contributed by atoms with Crippen LogP contribution in [-0.4, -0.2) is 52.2 Å². The molecular weight excluding hydrogens is 462 g/mol. The summed E-state index contributed by atoms with van der Waals surface area (Å²) in [5, 5.41) is 11.7. The zero-order valence-electron chi connectivity index (χ0n) is 21.6. The first-order valence-electron chi connectivity index (χ1n) is 12.7. The lowest BCUT2D eigenvalue weighted by atomic mass is 9.70. The quantitative estimate of drug-likeness (QED) is 0.532. The minimum Gasteiger partial charge on any atom is -0.387 e. The second-order valence-electron chi connectivity index (χ2n) is 10.00. The molecule has 0 radical (unpaired) electrons. The third-order valence-corrected chi connectivity index (χ3v) is 7.05. The van der Waals surface area contributed by atoms with Gasteiger partial charge in [0.05, 0.1) is 29.8 Å². The molecule has 2 aliphatic rings. The maximum atomic E-state index is 13.9. The molecule has 3 heterocycles. The fourth-order valence-corrected chi connectivity index (χ4v) is 5.04. The summed E-state index contributed by atoms with van der Waals surface area (Å²) in [6.07, 6.45) is 2.88. The smallest absolute Gasteiger partial charge is 0.332 e. The van der Waals surface area contributed by atoms with Crippen LogP contribution in [-0.2, 0) is 33.2 Å². The summed E-state index contributed by atoms with van der Waals surface area (Å²) in [6.45, 7) is 6.85. The van der Waals surface area contributed by atoms with Crippen molar-refractivity contribution in [2.75, 3.05) is 13.2 Å². The number of hydrogen-bond acceptors (Lipinski definition) is 7. The zero-order chi connectivity index (χ0) is 25.9. The Morgan fingerprint density at radius 3 is 2.64 bits per heavy atom. The molecular formula is C27H37N3O6. The minimum absolute atomic E-state index is 0.167. The SMILES string of the molecule is CC(C)OC1C=Nc2c(c(=O)n(CCCOC3CCCCO3)c(=O)n2C)C1(C)C(O)c1ccccc1. The van der Waals surface area contributed by atoms with Crippen molar-refractivity contribution in [3.63, 3.8) is 0 Å². The number of ether oxygens (including phenoxy) is 3. The van der Waals surface area contributed by atoms with Crippen LogP contribution < -0.4 is 11.2 Å². The first-order chi connectivity index (χ1) is 17.2. The summed E-state index contributed by atoms with van der Waals surface area (Å²) in [5.41, 5.74) is -1.18. The Morgan fingerprint density at radius 2 is 1.97 bits per heavy atom. The predicted molar refractivity (Wildman–Crippen MR) is 137 cm³/mol. The Bertz CT molecular complexity index is 1180. The van der Waals surface area contributed by atoms with Crippen molar-refractivity contribution in [2.24, 2.45) is 12.0 Å². The average molecular weight is 500 g/mol. The van der Waals surface area contributed by atoms with Crippen LogP contribution in [0.2, 0.25) is 0 Å². The highest BCUT2D eigenvalue weighted by atomic mass is 16.7. The summed E-state index contributed by atoms with van der Waals surface area (Å²) in [5.74, 6) is 0.245. The predicted octanol–water partition coefficient (Wildman–Crippen LogP) is 2.98. The van der Waals surface area contributed by atoms with Crippen LogP contribution in [0.3, 0.4) is 0 Å². The molecule has 36 heavy (non-hydrogen) atoms. The van der Waals surface area contributed by atoms with Gasteiger partial charge in [0, 0.05) is 26.4 Å². The van der Waals surface area contributed by atoms with E-state index in [4.69, 9.17) is 14.2 Å². The Morgan fingerprint density at radius 1 is 1.22 bits per heavy atom. The van der Waals surface area contributed by atoms with Gasteiger partial charge < -0.3 is 19.3 Å². The molecule has 9 nitrogen and oxygen atoms in total. The van der Waals surface area contributed by atoms with Gasteiger partial charge in [-0.25, -0.2) is 9.79 Å². The van der Waals surface area contributed by atoms with Gasteiger partial charge in [-0.3, -0.25) is 13.9 Å². The van der Waals surface area contributed by atoms with E-state index >= 15 is 0 Å². The van der Waals surface area contributed by atoms with Crippen LogP contribution in [0.25, 0.3) is 0 Å². The van der Waals surface area contributed by atoms with Gasteiger partial charge in [-0.05, 0) is 52.0 Å². The Balaban J connectivity index is 1.71. The lowest BCUT2D eigenvalue weighted by Gasteiger charge is -2.43. The number of rotatable bonds is 9. The fraction of sp³-hybridized carbons (Fsp3) is 0.593. The average Bonchev–Trinajstić information content (AvgIpc) is 2.88. The molecule has 4 unspecified atom stereocenters. The topological polar surface area (TPSA) is 104 Å². The highest BCUT2D eigenvalue weighted by Crippen LogP contribution is 2.45. The number of hydrogen-bond donors (Lipinski definition) is 1. The molecule has 9 heteroatoms. The van der Waals surface area contributed by atoms with Crippen LogP contribution in [0.5, 0.6) is 0 Å². The van der Waals surface area contributed by atoms with Crippen molar-refractivity contribution in [3.8, 4) is 0 Å². The summed E-state index contributed by atoms with van der Waals surface area (Å²) < 4.78 is 20.1. The maximum absolute atomic E-state index is 13.9. The number of aromatic nitrogens is 2. The highest BCUT2D eigenvalue weighted by Gasteiger charge is 2.50. The van der Waals surface area contributed by atoms with Crippen LogP contribution in [0.1, 0.15) is 63.7 Å². The number of nitrogens with zero attached hydrogens (tertiary/aromatic N) is 3. The third kappa shape index (κ3) is 5.11. The second-order valence-corrected chi connectivity index (χ2v) is 10.00. The molecule has 1 fully saturated rings. The Labute approximate surface area is 211 Å². The maximum Gasteiger partial charge on any atom is 0.332 e. The number of aliphatic hydroxyl groups excluding tert-OH is 1. The van der Waals surface area contributed by atoms with Crippen molar-refractivity contribution < 1.29 is 19.3 Å². The largest absolute Gasteiger partial charge is 0.387 e.